The fourth-order valence-corrected chi connectivity index (χ4v) is 2.76. The van der Waals surface area contributed by atoms with Gasteiger partial charge in [-0.3, -0.25) is 5.32 Å². The monoisotopic (exact) mass is 411 g/mol. The van der Waals surface area contributed by atoms with Crippen molar-refractivity contribution in [3.63, 3.8) is 0 Å². The molecule has 0 aliphatic carbocycles. The van der Waals surface area contributed by atoms with Crippen LogP contribution in [0.15, 0.2) is 57.7 Å². The molecule has 30 heavy (non-hydrogen) atoms. The number of carbonyl (C=O) groups excluding carboxylic acids is 2. The minimum Gasteiger partial charge on any atom is -0.482 e. The maximum absolute atomic E-state index is 12.0. The first-order valence-electron chi connectivity index (χ1n) is 9.30. The molecular weight excluding hydrogens is 390 g/mol. The summed E-state index contributed by atoms with van der Waals surface area (Å²) in [7, 11) is 0. The zero-order valence-electron chi connectivity index (χ0n) is 16.6. The van der Waals surface area contributed by atoms with E-state index >= 15 is 0 Å². The summed E-state index contributed by atoms with van der Waals surface area (Å²) in [6, 6.07) is 13.4. The van der Waals surface area contributed by atoms with Crippen LogP contribution >= 0.6 is 0 Å². The Labute approximate surface area is 172 Å². The Balaban J connectivity index is 1.67. The first-order valence-corrected chi connectivity index (χ1v) is 9.30. The van der Waals surface area contributed by atoms with Crippen molar-refractivity contribution in [1.29, 1.82) is 0 Å². The number of ether oxygens (including phenoxy) is 3. The lowest BCUT2D eigenvalue weighted by Gasteiger charge is -2.10. The summed E-state index contributed by atoms with van der Waals surface area (Å²) in [6.07, 6.45) is -0.613. The molecule has 1 amide bonds. The van der Waals surface area contributed by atoms with Crippen molar-refractivity contribution in [3.8, 4) is 5.75 Å². The normalized spacial score (nSPS) is 10.5. The van der Waals surface area contributed by atoms with Crippen molar-refractivity contribution >= 4 is 28.7 Å². The molecule has 3 rings (SSSR count). The van der Waals surface area contributed by atoms with Gasteiger partial charge in [-0.05, 0) is 43.7 Å². The highest BCUT2D eigenvalue weighted by Crippen LogP contribution is 2.22. The Kier molecular flexibility index (Phi) is 6.69. The smallest absolute Gasteiger partial charge is 0.411 e. The second-order valence-electron chi connectivity index (χ2n) is 6.41. The molecule has 1 N–H and O–H groups in total. The quantitative estimate of drug-likeness (QED) is 0.466. The summed E-state index contributed by atoms with van der Waals surface area (Å²) in [6.45, 7) is 3.47. The van der Waals surface area contributed by atoms with Crippen LogP contribution in [0.1, 0.15) is 18.1 Å². The lowest BCUT2D eigenvalue weighted by molar-refractivity contribution is -0.147. The number of fused-ring (bicyclic) bond motifs is 1. The second-order valence-corrected chi connectivity index (χ2v) is 6.41. The average Bonchev–Trinajstić information content (AvgIpc) is 2.70. The number of rotatable bonds is 7. The molecule has 8 nitrogen and oxygen atoms in total. The van der Waals surface area contributed by atoms with E-state index in [4.69, 9.17) is 18.6 Å². The maximum atomic E-state index is 12.0. The third-order valence-corrected chi connectivity index (χ3v) is 4.09. The topological polar surface area (TPSA) is 104 Å². The molecule has 0 unspecified atom stereocenters. The number of esters is 1. The molecule has 1 aromatic heterocycles. The van der Waals surface area contributed by atoms with Gasteiger partial charge < -0.3 is 18.6 Å². The van der Waals surface area contributed by atoms with Crippen LogP contribution in [0.3, 0.4) is 0 Å². The van der Waals surface area contributed by atoms with Crippen molar-refractivity contribution in [1.82, 2.24) is 0 Å². The van der Waals surface area contributed by atoms with Crippen LogP contribution in [0.4, 0.5) is 10.5 Å². The largest absolute Gasteiger partial charge is 0.482 e. The fraction of sp³-hybridized carbons (Fsp3) is 0.227. The number of benzene rings is 2. The van der Waals surface area contributed by atoms with Gasteiger partial charge >= 0.3 is 17.7 Å². The highest BCUT2D eigenvalue weighted by atomic mass is 16.6. The molecule has 1 heterocycles. The van der Waals surface area contributed by atoms with Gasteiger partial charge in [0.05, 0.1) is 6.61 Å². The SMILES string of the molecule is CCOC(=O)Nc1ccc2c(COC(=O)COc3cccc(C)c3)cc(=O)oc2c1. The van der Waals surface area contributed by atoms with Crippen molar-refractivity contribution in [2.45, 2.75) is 20.5 Å². The molecule has 0 bridgehead atoms. The van der Waals surface area contributed by atoms with Crippen LogP contribution < -0.4 is 15.7 Å². The molecule has 156 valence electrons. The Morgan fingerprint density at radius 2 is 1.90 bits per heavy atom. The van der Waals surface area contributed by atoms with Gasteiger partial charge in [0.25, 0.3) is 0 Å². The zero-order chi connectivity index (χ0) is 21.5. The Bertz CT molecular complexity index is 1120. The summed E-state index contributed by atoms with van der Waals surface area (Å²) < 4.78 is 20.7. The van der Waals surface area contributed by atoms with Crippen LogP contribution in [0.2, 0.25) is 0 Å². The molecule has 8 heteroatoms. The van der Waals surface area contributed by atoms with E-state index in [0.717, 1.165) is 5.56 Å². The van der Waals surface area contributed by atoms with Gasteiger partial charge in [-0.2, -0.15) is 0 Å². The van der Waals surface area contributed by atoms with E-state index in [1.165, 1.54) is 12.1 Å². The molecule has 3 aromatic rings. The molecular formula is C22H21NO7. The van der Waals surface area contributed by atoms with Crippen LogP contribution in [0.5, 0.6) is 5.75 Å². The minimum atomic E-state index is -0.613. The number of amides is 1. The number of carbonyl (C=O) groups is 2. The van der Waals surface area contributed by atoms with Gasteiger partial charge in [0.1, 0.15) is 17.9 Å². The molecule has 0 spiro atoms. The predicted molar refractivity (Wildman–Crippen MR) is 110 cm³/mol. The van der Waals surface area contributed by atoms with E-state index < -0.39 is 17.7 Å². The van der Waals surface area contributed by atoms with Gasteiger partial charge in [0.2, 0.25) is 0 Å². The van der Waals surface area contributed by atoms with Gasteiger partial charge in [-0.15, -0.1) is 0 Å². The Morgan fingerprint density at radius 3 is 2.67 bits per heavy atom. The van der Waals surface area contributed by atoms with Crippen LogP contribution in [0.25, 0.3) is 11.0 Å². The summed E-state index contributed by atoms with van der Waals surface area (Å²) in [4.78, 5) is 35.5. The van der Waals surface area contributed by atoms with Crippen LogP contribution in [-0.2, 0) is 20.9 Å². The minimum absolute atomic E-state index is 0.122. The lowest BCUT2D eigenvalue weighted by Crippen LogP contribution is -2.15. The lowest BCUT2D eigenvalue weighted by atomic mass is 10.1. The van der Waals surface area contributed by atoms with E-state index in [0.29, 0.717) is 22.4 Å². The number of hydrogen-bond acceptors (Lipinski definition) is 7. The van der Waals surface area contributed by atoms with Crippen molar-refractivity contribution < 1.29 is 28.2 Å². The van der Waals surface area contributed by atoms with Crippen LogP contribution in [0, 0.1) is 6.92 Å². The standard InChI is InChI=1S/C22H21NO7/c1-3-27-22(26)23-16-7-8-18-15(10-20(24)30-19(18)11-16)12-29-21(25)13-28-17-6-4-5-14(2)9-17/h4-11H,3,12-13H2,1-2H3,(H,23,26). The first-order chi connectivity index (χ1) is 14.4. The Morgan fingerprint density at radius 1 is 1.07 bits per heavy atom. The van der Waals surface area contributed by atoms with E-state index in [9.17, 15) is 14.4 Å². The average molecular weight is 411 g/mol. The second kappa shape index (κ2) is 9.60. The number of anilines is 1. The zero-order valence-corrected chi connectivity index (χ0v) is 16.6. The predicted octanol–water partition coefficient (Wildman–Crippen LogP) is 3.79. The summed E-state index contributed by atoms with van der Waals surface area (Å²) in [5.41, 5.74) is 1.55. The molecule has 0 aliphatic heterocycles. The molecule has 2 aromatic carbocycles. The summed E-state index contributed by atoms with van der Waals surface area (Å²) >= 11 is 0. The number of aryl methyl sites for hydroxylation is 1. The molecule has 0 fully saturated rings. The highest BCUT2D eigenvalue weighted by Gasteiger charge is 2.11. The molecule has 0 saturated heterocycles. The van der Waals surface area contributed by atoms with E-state index in [-0.39, 0.29) is 25.4 Å². The van der Waals surface area contributed by atoms with E-state index in [1.54, 1.807) is 25.1 Å². The van der Waals surface area contributed by atoms with Crippen molar-refractivity contribution in [3.05, 3.63) is 70.1 Å². The third-order valence-electron chi connectivity index (χ3n) is 4.09. The molecule has 0 saturated carbocycles. The fourth-order valence-electron chi connectivity index (χ4n) is 2.76. The Hall–Kier alpha value is -3.81. The van der Waals surface area contributed by atoms with Crippen molar-refractivity contribution in [2.75, 3.05) is 18.5 Å². The molecule has 0 radical (unpaired) electrons. The number of hydrogen-bond donors (Lipinski definition) is 1. The van der Waals surface area contributed by atoms with Gasteiger partial charge in [-0.1, -0.05) is 12.1 Å². The summed E-state index contributed by atoms with van der Waals surface area (Å²) in [5, 5.41) is 3.12. The summed E-state index contributed by atoms with van der Waals surface area (Å²) in [5.74, 6) is -0.00196. The highest BCUT2D eigenvalue weighted by molar-refractivity contribution is 5.90. The number of nitrogens with one attached hydrogen (secondary N) is 1. The maximum Gasteiger partial charge on any atom is 0.411 e. The van der Waals surface area contributed by atoms with Crippen LogP contribution in [-0.4, -0.2) is 25.3 Å². The molecule has 0 aliphatic rings. The van der Waals surface area contributed by atoms with Gasteiger partial charge in [0.15, 0.2) is 6.61 Å². The van der Waals surface area contributed by atoms with E-state index in [1.807, 2.05) is 25.1 Å². The first kappa shape index (κ1) is 20.9. The molecule has 0 atom stereocenters. The third kappa shape index (κ3) is 5.60. The van der Waals surface area contributed by atoms with Gasteiger partial charge in [0, 0.05) is 28.8 Å². The van der Waals surface area contributed by atoms with Crippen molar-refractivity contribution in [2.24, 2.45) is 0 Å². The van der Waals surface area contributed by atoms with E-state index in [2.05, 4.69) is 5.32 Å². The van der Waals surface area contributed by atoms with Gasteiger partial charge in [-0.25, -0.2) is 14.4 Å².